The Hall–Kier alpha value is -1.43. The van der Waals surface area contributed by atoms with Crippen LogP contribution in [0.25, 0.3) is 0 Å². The summed E-state index contributed by atoms with van der Waals surface area (Å²) >= 11 is 0. The zero-order valence-electron chi connectivity index (χ0n) is 15.4. The predicted molar refractivity (Wildman–Crippen MR) is 97.2 cm³/mol. The molecule has 3 rings (SSSR count). The average molecular weight is 346 g/mol. The van der Waals surface area contributed by atoms with Crippen molar-refractivity contribution in [3.05, 3.63) is 35.9 Å². The Morgan fingerprint density at radius 3 is 2.56 bits per heavy atom. The Kier molecular flexibility index (Phi) is 5.77. The van der Waals surface area contributed by atoms with Gasteiger partial charge in [0.2, 0.25) is 5.91 Å². The number of benzene rings is 1. The lowest BCUT2D eigenvalue weighted by Gasteiger charge is -2.42. The zero-order chi connectivity index (χ0) is 17.9. The fourth-order valence-corrected chi connectivity index (χ4v) is 3.96. The number of carbonyl (C=O) groups excluding carboxylic acids is 1. The summed E-state index contributed by atoms with van der Waals surface area (Å²) in [7, 11) is 0. The van der Waals surface area contributed by atoms with Crippen LogP contribution in [0.5, 0.6) is 0 Å². The first kappa shape index (κ1) is 18.4. The van der Waals surface area contributed by atoms with E-state index in [0.717, 1.165) is 51.2 Å². The van der Waals surface area contributed by atoms with Crippen molar-refractivity contribution < 1.29 is 14.6 Å². The Morgan fingerprint density at radius 1 is 1.24 bits per heavy atom. The topological polar surface area (TPSA) is 53.0 Å². The quantitative estimate of drug-likeness (QED) is 0.906. The smallest absolute Gasteiger partial charge is 0.225 e. The van der Waals surface area contributed by atoms with E-state index in [2.05, 4.69) is 11.8 Å². The Balaban J connectivity index is 1.51. The molecule has 2 unspecified atom stereocenters. The highest BCUT2D eigenvalue weighted by Crippen LogP contribution is 2.26. The molecule has 0 aliphatic carbocycles. The van der Waals surface area contributed by atoms with Gasteiger partial charge in [0.1, 0.15) is 0 Å². The summed E-state index contributed by atoms with van der Waals surface area (Å²) in [6, 6.07) is 9.99. The molecule has 0 saturated carbocycles. The van der Waals surface area contributed by atoms with E-state index >= 15 is 0 Å². The number of carbonyl (C=O) groups is 1. The fourth-order valence-electron chi connectivity index (χ4n) is 3.96. The molecule has 0 aromatic heterocycles. The Bertz CT molecular complexity index is 568. The predicted octanol–water partition coefficient (Wildman–Crippen LogP) is 2.00. The summed E-state index contributed by atoms with van der Waals surface area (Å²) in [5.74, 6) is 0.0441. The highest BCUT2D eigenvalue weighted by atomic mass is 16.5. The van der Waals surface area contributed by atoms with Crippen molar-refractivity contribution in [2.24, 2.45) is 0 Å². The molecule has 1 amide bonds. The monoisotopic (exact) mass is 346 g/mol. The van der Waals surface area contributed by atoms with Crippen LogP contribution in [-0.2, 0) is 15.1 Å². The van der Waals surface area contributed by atoms with Gasteiger partial charge in [-0.15, -0.1) is 0 Å². The Morgan fingerprint density at radius 2 is 1.92 bits per heavy atom. The second-order valence-corrected chi connectivity index (χ2v) is 7.60. The maximum absolute atomic E-state index is 12.7. The normalized spacial score (nSPS) is 25.6. The molecule has 2 atom stereocenters. The van der Waals surface area contributed by atoms with E-state index in [-0.39, 0.29) is 12.3 Å². The molecule has 1 aromatic rings. The number of likely N-dealkylation sites (tertiary alicyclic amines) is 1. The third kappa shape index (κ3) is 4.60. The molecule has 0 radical (unpaired) electrons. The van der Waals surface area contributed by atoms with Crippen LogP contribution < -0.4 is 0 Å². The van der Waals surface area contributed by atoms with E-state index in [9.17, 15) is 9.90 Å². The minimum absolute atomic E-state index is 0.0441. The van der Waals surface area contributed by atoms with Gasteiger partial charge in [-0.3, -0.25) is 9.69 Å². The summed E-state index contributed by atoms with van der Waals surface area (Å²) < 4.78 is 5.62. The first-order chi connectivity index (χ1) is 12.0. The van der Waals surface area contributed by atoms with Crippen LogP contribution in [0, 0.1) is 0 Å². The Labute approximate surface area is 150 Å². The third-order valence-electron chi connectivity index (χ3n) is 5.50. The van der Waals surface area contributed by atoms with Crippen molar-refractivity contribution in [2.45, 2.75) is 50.9 Å². The van der Waals surface area contributed by atoms with Crippen molar-refractivity contribution in [1.82, 2.24) is 9.80 Å². The molecule has 0 bridgehead atoms. The number of nitrogens with zero attached hydrogens (tertiary/aromatic N) is 2. The summed E-state index contributed by atoms with van der Waals surface area (Å²) in [6.45, 7) is 8.19. The average Bonchev–Trinajstić information content (AvgIpc) is 2.62. The van der Waals surface area contributed by atoms with Crippen molar-refractivity contribution in [2.75, 3.05) is 32.8 Å². The van der Waals surface area contributed by atoms with E-state index in [0.29, 0.717) is 12.1 Å². The molecular formula is C20H30N2O3. The van der Waals surface area contributed by atoms with Gasteiger partial charge in [0.25, 0.3) is 0 Å². The maximum Gasteiger partial charge on any atom is 0.225 e. The van der Waals surface area contributed by atoms with Crippen LogP contribution in [0.1, 0.15) is 38.7 Å². The van der Waals surface area contributed by atoms with Gasteiger partial charge in [0.15, 0.2) is 0 Å². The summed E-state index contributed by atoms with van der Waals surface area (Å²) in [5, 5.41) is 10.7. The number of hydrogen-bond donors (Lipinski definition) is 1. The molecule has 138 valence electrons. The molecule has 25 heavy (non-hydrogen) atoms. The highest BCUT2D eigenvalue weighted by molar-refractivity contribution is 5.77. The molecule has 2 heterocycles. The lowest BCUT2D eigenvalue weighted by molar-refractivity contribution is -0.138. The number of aliphatic hydroxyl groups is 1. The molecule has 2 saturated heterocycles. The minimum atomic E-state index is -1.12. The van der Waals surface area contributed by atoms with E-state index in [1.54, 1.807) is 6.92 Å². The highest BCUT2D eigenvalue weighted by Gasteiger charge is 2.33. The first-order valence-electron chi connectivity index (χ1n) is 9.37. The molecule has 5 nitrogen and oxygen atoms in total. The molecule has 0 spiro atoms. The largest absolute Gasteiger partial charge is 0.385 e. The second kappa shape index (κ2) is 7.85. The minimum Gasteiger partial charge on any atom is -0.385 e. The van der Waals surface area contributed by atoms with Crippen molar-refractivity contribution in [1.29, 1.82) is 0 Å². The van der Waals surface area contributed by atoms with E-state index in [1.807, 2.05) is 35.2 Å². The number of piperidine rings is 1. The number of ether oxygens (including phenoxy) is 1. The molecule has 5 heteroatoms. The van der Waals surface area contributed by atoms with Crippen LogP contribution in [0.3, 0.4) is 0 Å². The van der Waals surface area contributed by atoms with E-state index in [1.165, 1.54) is 0 Å². The van der Waals surface area contributed by atoms with Gasteiger partial charge < -0.3 is 14.7 Å². The molecule has 2 aliphatic heterocycles. The van der Waals surface area contributed by atoms with Crippen LogP contribution in [0.2, 0.25) is 0 Å². The summed E-state index contributed by atoms with van der Waals surface area (Å²) in [5.41, 5.74) is -0.324. The summed E-state index contributed by atoms with van der Waals surface area (Å²) in [6.07, 6.45) is 2.45. The number of rotatable bonds is 4. The molecular weight excluding hydrogens is 316 g/mol. The molecule has 1 aromatic carbocycles. The third-order valence-corrected chi connectivity index (χ3v) is 5.50. The van der Waals surface area contributed by atoms with Gasteiger partial charge in [-0.05, 0) is 32.3 Å². The van der Waals surface area contributed by atoms with Crippen molar-refractivity contribution in [3.8, 4) is 0 Å². The van der Waals surface area contributed by atoms with Crippen molar-refractivity contribution in [3.63, 3.8) is 0 Å². The lowest BCUT2D eigenvalue weighted by atomic mass is 9.91. The van der Waals surface area contributed by atoms with Gasteiger partial charge in [-0.25, -0.2) is 0 Å². The second-order valence-electron chi connectivity index (χ2n) is 7.60. The molecule has 2 aliphatic rings. The fraction of sp³-hybridized carbons (Fsp3) is 0.650. The van der Waals surface area contributed by atoms with Crippen LogP contribution in [-0.4, -0.2) is 65.7 Å². The standard InChI is InChI=1S/C20H30N2O3/c1-16-15-22(12-13-25-16)18-8-10-21(11-9-18)19(23)14-20(2,24)17-6-4-3-5-7-17/h3-7,16,18,24H,8-15H2,1-2H3. The number of amides is 1. The van der Waals surface area contributed by atoms with E-state index < -0.39 is 5.60 Å². The van der Waals surface area contributed by atoms with Crippen LogP contribution in [0.15, 0.2) is 30.3 Å². The lowest BCUT2D eigenvalue weighted by Crippen LogP contribution is -2.52. The van der Waals surface area contributed by atoms with Gasteiger partial charge in [0, 0.05) is 32.2 Å². The molecule has 2 fully saturated rings. The van der Waals surface area contributed by atoms with Gasteiger partial charge in [-0.2, -0.15) is 0 Å². The SMILES string of the molecule is CC1CN(C2CCN(C(=O)CC(C)(O)c3ccccc3)CC2)CCO1. The van der Waals surface area contributed by atoms with Crippen LogP contribution >= 0.6 is 0 Å². The number of morpholine rings is 1. The van der Waals surface area contributed by atoms with Crippen LogP contribution in [0.4, 0.5) is 0 Å². The van der Waals surface area contributed by atoms with Gasteiger partial charge >= 0.3 is 0 Å². The van der Waals surface area contributed by atoms with Gasteiger partial charge in [0.05, 0.1) is 24.7 Å². The molecule has 1 N–H and O–H groups in total. The van der Waals surface area contributed by atoms with E-state index in [4.69, 9.17) is 4.74 Å². The van der Waals surface area contributed by atoms with Gasteiger partial charge in [-0.1, -0.05) is 30.3 Å². The number of hydrogen-bond acceptors (Lipinski definition) is 4. The van der Waals surface area contributed by atoms with Crippen molar-refractivity contribution >= 4 is 5.91 Å². The summed E-state index contributed by atoms with van der Waals surface area (Å²) in [4.78, 5) is 17.1. The zero-order valence-corrected chi connectivity index (χ0v) is 15.4. The maximum atomic E-state index is 12.7. The first-order valence-corrected chi connectivity index (χ1v) is 9.37.